The molecule has 0 fully saturated rings. The normalized spacial score (nSPS) is 13.1. The third kappa shape index (κ3) is 3.95. The molecule has 4 rings (SSSR count). The standard InChI is InChI=1S/C21H18N4O6/c1-11(20(27)28)22-19(26)17-18(25-31-24-17)23-21(29)30-10-16-14-8-4-2-6-12(14)13-7-3-5-9-15(13)16/h2-9,11,16H,10H2,1H3,(H,22,26)(H,27,28)(H,23,25,29). The summed E-state index contributed by atoms with van der Waals surface area (Å²) in [5.74, 6) is -2.49. The molecule has 3 aromatic rings. The van der Waals surface area contributed by atoms with Crippen LogP contribution in [0, 0.1) is 0 Å². The summed E-state index contributed by atoms with van der Waals surface area (Å²) in [7, 11) is 0. The number of amides is 2. The summed E-state index contributed by atoms with van der Waals surface area (Å²) in [6.45, 7) is 1.36. The van der Waals surface area contributed by atoms with Crippen LogP contribution >= 0.6 is 0 Å². The summed E-state index contributed by atoms with van der Waals surface area (Å²) in [5, 5.41) is 20.3. The predicted molar refractivity (Wildman–Crippen MR) is 108 cm³/mol. The van der Waals surface area contributed by atoms with E-state index in [0.717, 1.165) is 22.3 Å². The van der Waals surface area contributed by atoms with E-state index in [1.165, 1.54) is 6.92 Å². The van der Waals surface area contributed by atoms with Crippen molar-refractivity contribution in [2.45, 2.75) is 18.9 Å². The zero-order chi connectivity index (χ0) is 22.0. The van der Waals surface area contributed by atoms with Crippen LogP contribution in [-0.4, -0.2) is 46.0 Å². The highest BCUT2D eigenvalue weighted by Crippen LogP contribution is 2.44. The van der Waals surface area contributed by atoms with Gasteiger partial charge in [0.15, 0.2) is 0 Å². The molecule has 1 unspecified atom stereocenters. The number of carboxylic acid groups (broad SMARTS) is 1. The maximum Gasteiger partial charge on any atom is 0.412 e. The summed E-state index contributed by atoms with van der Waals surface area (Å²) in [6, 6.07) is 14.7. The lowest BCUT2D eigenvalue weighted by atomic mass is 9.98. The first-order chi connectivity index (χ1) is 15.0. The van der Waals surface area contributed by atoms with E-state index >= 15 is 0 Å². The van der Waals surface area contributed by atoms with Crippen LogP contribution in [-0.2, 0) is 9.53 Å². The molecule has 0 bridgehead atoms. The molecule has 10 heteroatoms. The molecule has 10 nitrogen and oxygen atoms in total. The van der Waals surface area contributed by atoms with Crippen LogP contribution in [0.25, 0.3) is 11.1 Å². The van der Waals surface area contributed by atoms with E-state index in [-0.39, 0.29) is 24.0 Å². The number of carbonyl (C=O) groups excluding carboxylic acids is 2. The molecule has 0 aliphatic heterocycles. The number of nitrogens with zero attached hydrogens (tertiary/aromatic N) is 2. The van der Waals surface area contributed by atoms with Crippen molar-refractivity contribution in [2.75, 3.05) is 11.9 Å². The van der Waals surface area contributed by atoms with Crippen molar-refractivity contribution < 1.29 is 28.9 Å². The predicted octanol–water partition coefficient (Wildman–Crippen LogP) is 2.63. The van der Waals surface area contributed by atoms with Crippen molar-refractivity contribution in [3.05, 3.63) is 65.4 Å². The highest BCUT2D eigenvalue weighted by Gasteiger charge is 2.29. The van der Waals surface area contributed by atoms with E-state index in [4.69, 9.17) is 9.84 Å². The van der Waals surface area contributed by atoms with Gasteiger partial charge in [-0.05, 0) is 39.5 Å². The molecule has 0 saturated carbocycles. The van der Waals surface area contributed by atoms with Crippen LogP contribution in [0.3, 0.4) is 0 Å². The second-order valence-electron chi connectivity index (χ2n) is 6.95. The molecule has 1 aliphatic carbocycles. The summed E-state index contributed by atoms with van der Waals surface area (Å²) in [6.07, 6.45) is -0.849. The largest absolute Gasteiger partial charge is 0.480 e. The summed E-state index contributed by atoms with van der Waals surface area (Å²) < 4.78 is 9.88. The van der Waals surface area contributed by atoms with Gasteiger partial charge in [0.05, 0.1) is 0 Å². The number of rotatable bonds is 6. The molecule has 1 heterocycles. The number of hydrogen-bond acceptors (Lipinski definition) is 7. The number of carbonyl (C=O) groups is 3. The molecule has 1 atom stereocenters. The number of ether oxygens (including phenoxy) is 1. The van der Waals surface area contributed by atoms with Gasteiger partial charge in [-0.25, -0.2) is 9.42 Å². The summed E-state index contributed by atoms with van der Waals surface area (Å²) in [5.41, 5.74) is 3.95. The Labute approximate surface area is 176 Å². The zero-order valence-corrected chi connectivity index (χ0v) is 16.4. The van der Waals surface area contributed by atoms with Crippen molar-refractivity contribution in [1.82, 2.24) is 15.6 Å². The number of fused-ring (bicyclic) bond motifs is 3. The molecule has 31 heavy (non-hydrogen) atoms. The molecular formula is C21H18N4O6. The van der Waals surface area contributed by atoms with Gasteiger partial charge in [0, 0.05) is 5.92 Å². The third-order valence-corrected chi connectivity index (χ3v) is 4.99. The van der Waals surface area contributed by atoms with Gasteiger partial charge in [0.25, 0.3) is 5.91 Å². The average Bonchev–Trinajstić information content (AvgIpc) is 3.34. The van der Waals surface area contributed by atoms with Gasteiger partial charge in [-0.15, -0.1) is 0 Å². The Kier molecular flexibility index (Phi) is 5.35. The van der Waals surface area contributed by atoms with Gasteiger partial charge in [-0.1, -0.05) is 48.5 Å². The fraction of sp³-hybridized carbons (Fsp3) is 0.190. The smallest absolute Gasteiger partial charge is 0.412 e. The van der Waals surface area contributed by atoms with Crippen molar-refractivity contribution in [1.29, 1.82) is 0 Å². The van der Waals surface area contributed by atoms with Gasteiger partial charge in [-0.3, -0.25) is 14.9 Å². The van der Waals surface area contributed by atoms with Crippen LogP contribution < -0.4 is 10.6 Å². The van der Waals surface area contributed by atoms with Gasteiger partial charge in [0.1, 0.15) is 12.6 Å². The SMILES string of the molecule is CC(NC(=O)c1nonc1NC(=O)OCC1c2ccccc2-c2ccccc21)C(=O)O. The minimum atomic E-state index is -1.23. The molecular weight excluding hydrogens is 404 g/mol. The number of aromatic nitrogens is 2. The maximum atomic E-state index is 12.3. The number of aliphatic carboxylic acids is 1. The quantitative estimate of drug-likeness (QED) is 0.550. The Morgan fingerprint density at radius 1 is 1.06 bits per heavy atom. The van der Waals surface area contributed by atoms with Crippen LogP contribution in [0.5, 0.6) is 0 Å². The minimum Gasteiger partial charge on any atom is -0.480 e. The van der Waals surface area contributed by atoms with Crippen LogP contribution in [0.2, 0.25) is 0 Å². The first kappa shape index (κ1) is 20.1. The number of carboxylic acids is 1. The lowest BCUT2D eigenvalue weighted by molar-refractivity contribution is -0.138. The molecule has 158 valence electrons. The van der Waals surface area contributed by atoms with E-state index in [9.17, 15) is 14.4 Å². The Balaban J connectivity index is 1.43. The summed E-state index contributed by atoms with van der Waals surface area (Å²) >= 11 is 0. The molecule has 0 spiro atoms. The Bertz CT molecular complexity index is 1110. The van der Waals surface area contributed by atoms with Gasteiger partial charge >= 0.3 is 12.1 Å². The molecule has 1 aromatic heterocycles. The monoisotopic (exact) mass is 422 g/mol. The number of anilines is 1. The average molecular weight is 422 g/mol. The second kappa shape index (κ2) is 8.27. The van der Waals surface area contributed by atoms with Crippen LogP contribution in [0.1, 0.15) is 34.5 Å². The van der Waals surface area contributed by atoms with Crippen molar-refractivity contribution in [3.8, 4) is 11.1 Å². The number of benzene rings is 2. The van der Waals surface area contributed by atoms with Crippen LogP contribution in [0.15, 0.2) is 53.2 Å². The number of nitrogens with one attached hydrogen (secondary N) is 2. The molecule has 0 radical (unpaired) electrons. The Hall–Kier alpha value is -4.21. The molecule has 1 aliphatic rings. The topological polar surface area (TPSA) is 144 Å². The van der Waals surface area contributed by atoms with Crippen molar-refractivity contribution >= 4 is 23.8 Å². The van der Waals surface area contributed by atoms with Crippen LogP contribution in [0.4, 0.5) is 10.6 Å². The van der Waals surface area contributed by atoms with Gasteiger partial charge in [0.2, 0.25) is 11.5 Å². The number of hydrogen-bond donors (Lipinski definition) is 3. The van der Waals surface area contributed by atoms with E-state index in [2.05, 4.69) is 25.6 Å². The van der Waals surface area contributed by atoms with Gasteiger partial charge in [-0.2, -0.15) is 0 Å². The fourth-order valence-electron chi connectivity index (χ4n) is 3.48. The summed E-state index contributed by atoms with van der Waals surface area (Å²) in [4.78, 5) is 35.4. The van der Waals surface area contributed by atoms with E-state index in [1.54, 1.807) is 0 Å². The van der Waals surface area contributed by atoms with E-state index < -0.39 is 24.0 Å². The molecule has 2 amide bonds. The lowest BCUT2D eigenvalue weighted by Crippen LogP contribution is -2.38. The maximum absolute atomic E-state index is 12.3. The van der Waals surface area contributed by atoms with Gasteiger partial charge < -0.3 is 15.2 Å². The van der Waals surface area contributed by atoms with Crippen molar-refractivity contribution in [3.63, 3.8) is 0 Å². The molecule has 3 N–H and O–H groups in total. The van der Waals surface area contributed by atoms with E-state index in [1.807, 2.05) is 48.5 Å². The first-order valence-electron chi connectivity index (χ1n) is 9.44. The van der Waals surface area contributed by atoms with E-state index in [0.29, 0.717) is 0 Å². The molecule has 0 saturated heterocycles. The zero-order valence-electron chi connectivity index (χ0n) is 16.4. The molecule has 2 aromatic carbocycles. The first-order valence-corrected chi connectivity index (χ1v) is 9.44. The lowest BCUT2D eigenvalue weighted by Gasteiger charge is -2.14. The highest BCUT2D eigenvalue weighted by molar-refractivity contribution is 6.01. The fourth-order valence-corrected chi connectivity index (χ4v) is 3.48. The third-order valence-electron chi connectivity index (χ3n) is 4.99. The van der Waals surface area contributed by atoms with Crippen molar-refractivity contribution in [2.24, 2.45) is 0 Å². The minimum absolute atomic E-state index is 0.0721. The Morgan fingerprint density at radius 3 is 2.29 bits per heavy atom. The second-order valence-corrected chi connectivity index (χ2v) is 6.95. The Morgan fingerprint density at radius 2 is 1.68 bits per heavy atom. The highest BCUT2D eigenvalue weighted by atomic mass is 16.6.